The van der Waals surface area contributed by atoms with E-state index in [1.807, 2.05) is 6.07 Å². The number of halogens is 1. The van der Waals surface area contributed by atoms with Gasteiger partial charge in [0.1, 0.15) is 11.5 Å². The maximum Gasteiger partial charge on any atom is 0.313 e. The predicted octanol–water partition coefficient (Wildman–Crippen LogP) is 4.35. The lowest BCUT2D eigenvalue weighted by molar-refractivity contribution is 0.103. The summed E-state index contributed by atoms with van der Waals surface area (Å²) in [5.74, 6) is -0.475. The SMILES string of the molecule is N#Cc1cccc(CS(=O)(=O)Oc2ccc(C(=O)c3ccc(Cl)cc3)cc2)c1. The summed E-state index contributed by atoms with van der Waals surface area (Å²) < 4.78 is 29.6. The molecule has 0 aliphatic rings. The van der Waals surface area contributed by atoms with E-state index in [1.54, 1.807) is 42.5 Å². The van der Waals surface area contributed by atoms with Crippen molar-refractivity contribution in [2.45, 2.75) is 5.75 Å². The molecule has 0 aliphatic heterocycles. The van der Waals surface area contributed by atoms with Crippen LogP contribution in [0.5, 0.6) is 5.75 Å². The zero-order chi connectivity index (χ0) is 20.1. The summed E-state index contributed by atoms with van der Waals surface area (Å²) in [5, 5.41) is 9.43. The summed E-state index contributed by atoms with van der Waals surface area (Å²) in [4.78, 5) is 12.4. The molecule has 28 heavy (non-hydrogen) atoms. The molecule has 3 aromatic carbocycles. The molecule has 3 aromatic rings. The first kappa shape index (κ1) is 19.6. The average Bonchev–Trinajstić information content (AvgIpc) is 2.68. The molecule has 0 unspecified atom stereocenters. The van der Waals surface area contributed by atoms with Gasteiger partial charge in [0.05, 0.1) is 11.6 Å². The fourth-order valence-corrected chi connectivity index (χ4v) is 3.72. The highest BCUT2D eigenvalue weighted by Gasteiger charge is 2.15. The molecule has 0 atom stereocenters. The topological polar surface area (TPSA) is 84.2 Å². The van der Waals surface area contributed by atoms with Gasteiger partial charge in [0.15, 0.2) is 5.78 Å². The second kappa shape index (κ2) is 8.26. The predicted molar refractivity (Wildman–Crippen MR) is 106 cm³/mol. The van der Waals surface area contributed by atoms with E-state index in [2.05, 4.69) is 0 Å². The molecule has 0 saturated carbocycles. The quantitative estimate of drug-likeness (QED) is 0.444. The molecule has 0 aromatic heterocycles. The average molecular weight is 412 g/mol. The molecule has 0 aliphatic carbocycles. The molecular formula is C21H14ClNO4S. The van der Waals surface area contributed by atoms with Crippen molar-refractivity contribution in [1.29, 1.82) is 5.26 Å². The summed E-state index contributed by atoms with van der Waals surface area (Å²) in [6.07, 6.45) is 0. The Bertz CT molecular complexity index is 1150. The summed E-state index contributed by atoms with van der Waals surface area (Å²) in [5.41, 5.74) is 1.70. The van der Waals surface area contributed by atoms with Gasteiger partial charge < -0.3 is 4.18 Å². The summed E-state index contributed by atoms with van der Waals surface area (Å²) in [6.45, 7) is 0. The summed E-state index contributed by atoms with van der Waals surface area (Å²) >= 11 is 5.82. The minimum Gasteiger partial charge on any atom is -0.382 e. The monoisotopic (exact) mass is 411 g/mol. The Hall–Kier alpha value is -3.14. The van der Waals surface area contributed by atoms with Crippen LogP contribution in [0.2, 0.25) is 5.02 Å². The molecule has 0 fully saturated rings. The summed E-state index contributed by atoms with van der Waals surface area (Å²) in [6, 6.07) is 20.6. The number of carbonyl (C=O) groups is 1. The molecular weight excluding hydrogens is 398 g/mol. The maximum absolute atomic E-state index is 12.4. The van der Waals surface area contributed by atoms with Crippen LogP contribution >= 0.6 is 11.6 Å². The highest BCUT2D eigenvalue weighted by molar-refractivity contribution is 7.86. The highest BCUT2D eigenvalue weighted by Crippen LogP contribution is 2.20. The van der Waals surface area contributed by atoms with Gasteiger partial charge in [-0.25, -0.2) is 0 Å². The van der Waals surface area contributed by atoms with Crippen molar-refractivity contribution < 1.29 is 17.4 Å². The lowest BCUT2D eigenvalue weighted by Crippen LogP contribution is -2.12. The van der Waals surface area contributed by atoms with Crippen molar-refractivity contribution in [3.05, 3.63) is 100 Å². The number of carbonyl (C=O) groups excluding carboxylic acids is 1. The number of ketones is 1. The van der Waals surface area contributed by atoms with Crippen LogP contribution < -0.4 is 4.18 Å². The molecule has 3 rings (SSSR count). The maximum atomic E-state index is 12.4. The van der Waals surface area contributed by atoms with E-state index in [4.69, 9.17) is 21.0 Å². The number of rotatable bonds is 6. The first-order valence-corrected chi connectivity index (χ1v) is 10.1. The Balaban J connectivity index is 1.71. The van der Waals surface area contributed by atoms with E-state index in [9.17, 15) is 13.2 Å². The molecule has 0 heterocycles. The van der Waals surface area contributed by atoms with Crippen LogP contribution in [-0.4, -0.2) is 14.2 Å². The standard InChI is InChI=1S/C21H14ClNO4S/c22-19-8-4-17(5-9-19)21(24)18-6-10-20(11-7-18)27-28(25,26)14-16-3-1-2-15(12-16)13-23/h1-12H,14H2. The van der Waals surface area contributed by atoms with Gasteiger partial charge in [-0.1, -0.05) is 23.7 Å². The second-order valence-corrected chi connectivity index (χ2v) is 7.97. The van der Waals surface area contributed by atoms with Crippen molar-refractivity contribution in [2.75, 3.05) is 0 Å². The van der Waals surface area contributed by atoms with Crippen molar-refractivity contribution in [1.82, 2.24) is 0 Å². The minimum atomic E-state index is -3.91. The van der Waals surface area contributed by atoms with Crippen LogP contribution in [0.1, 0.15) is 27.0 Å². The molecule has 0 saturated heterocycles. The first-order valence-electron chi connectivity index (χ1n) is 8.18. The van der Waals surface area contributed by atoms with E-state index in [0.29, 0.717) is 27.3 Å². The molecule has 0 N–H and O–H groups in total. The first-order chi connectivity index (χ1) is 13.4. The smallest absolute Gasteiger partial charge is 0.313 e. The number of hydrogen-bond acceptors (Lipinski definition) is 5. The Labute approximate surface area is 167 Å². The Morgan fingerprint density at radius 2 is 1.57 bits per heavy atom. The van der Waals surface area contributed by atoms with Gasteiger partial charge in [0.25, 0.3) is 0 Å². The van der Waals surface area contributed by atoms with Crippen LogP contribution in [0.3, 0.4) is 0 Å². The fraction of sp³-hybridized carbons (Fsp3) is 0.0476. The zero-order valence-electron chi connectivity index (χ0n) is 14.5. The van der Waals surface area contributed by atoms with Gasteiger partial charge >= 0.3 is 10.1 Å². The van der Waals surface area contributed by atoms with Crippen molar-refractivity contribution >= 4 is 27.5 Å². The molecule has 0 radical (unpaired) electrons. The zero-order valence-corrected chi connectivity index (χ0v) is 16.1. The number of hydrogen-bond donors (Lipinski definition) is 0. The van der Waals surface area contributed by atoms with Gasteiger partial charge in [0, 0.05) is 16.1 Å². The van der Waals surface area contributed by atoms with E-state index in [0.717, 1.165) is 0 Å². The van der Waals surface area contributed by atoms with E-state index in [1.165, 1.54) is 30.3 Å². The number of nitriles is 1. The van der Waals surface area contributed by atoms with Crippen LogP contribution in [0.4, 0.5) is 0 Å². The van der Waals surface area contributed by atoms with Gasteiger partial charge in [-0.15, -0.1) is 0 Å². The largest absolute Gasteiger partial charge is 0.382 e. The Morgan fingerprint density at radius 3 is 2.18 bits per heavy atom. The number of nitrogens with zero attached hydrogens (tertiary/aromatic N) is 1. The number of benzene rings is 3. The second-order valence-electron chi connectivity index (χ2n) is 5.96. The van der Waals surface area contributed by atoms with E-state index < -0.39 is 10.1 Å². The third kappa shape index (κ3) is 4.97. The van der Waals surface area contributed by atoms with Gasteiger partial charge in [-0.05, 0) is 66.2 Å². The minimum absolute atomic E-state index is 0.101. The lowest BCUT2D eigenvalue weighted by atomic mass is 10.0. The third-order valence-corrected chi connectivity index (χ3v) is 5.23. The van der Waals surface area contributed by atoms with Crippen LogP contribution in [0, 0.1) is 11.3 Å². The van der Waals surface area contributed by atoms with Crippen LogP contribution in [0.25, 0.3) is 0 Å². The molecule has 0 spiro atoms. The molecule has 7 heteroatoms. The van der Waals surface area contributed by atoms with Gasteiger partial charge in [-0.2, -0.15) is 13.7 Å². The molecule has 0 amide bonds. The van der Waals surface area contributed by atoms with Crippen molar-refractivity contribution in [3.63, 3.8) is 0 Å². The fourth-order valence-electron chi connectivity index (χ4n) is 2.54. The highest BCUT2D eigenvalue weighted by atomic mass is 35.5. The van der Waals surface area contributed by atoms with Crippen LogP contribution in [-0.2, 0) is 15.9 Å². The third-order valence-electron chi connectivity index (χ3n) is 3.85. The molecule has 5 nitrogen and oxygen atoms in total. The van der Waals surface area contributed by atoms with Gasteiger partial charge in [-0.3, -0.25) is 4.79 Å². The normalized spacial score (nSPS) is 10.9. The molecule has 0 bridgehead atoms. The Kier molecular flexibility index (Phi) is 5.78. The van der Waals surface area contributed by atoms with Crippen LogP contribution in [0.15, 0.2) is 72.8 Å². The van der Waals surface area contributed by atoms with E-state index >= 15 is 0 Å². The van der Waals surface area contributed by atoms with Crippen molar-refractivity contribution in [2.24, 2.45) is 0 Å². The van der Waals surface area contributed by atoms with Gasteiger partial charge in [0.2, 0.25) is 0 Å². The Morgan fingerprint density at radius 1 is 0.964 bits per heavy atom. The summed E-state index contributed by atoms with van der Waals surface area (Å²) in [7, 11) is -3.91. The molecule has 140 valence electrons. The lowest BCUT2D eigenvalue weighted by Gasteiger charge is -2.08. The van der Waals surface area contributed by atoms with E-state index in [-0.39, 0.29) is 17.3 Å². The van der Waals surface area contributed by atoms with Crippen molar-refractivity contribution in [3.8, 4) is 11.8 Å².